The zero-order valence-electron chi connectivity index (χ0n) is 15.7. The van der Waals surface area contributed by atoms with Crippen molar-refractivity contribution in [1.29, 1.82) is 0 Å². The molecule has 2 N–H and O–H groups in total. The summed E-state index contributed by atoms with van der Waals surface area (Å²) in [6, 6.07) is 11.4. The Labute approximate surface area is 162 Å². The van der Waals surface area contributed by atoms with Gasteiger partial charge in [0.2, 0.25) is 11.9 Å². The molecule has 1 aliphatic rings. The third-order valence-electron chi connectivity index (χ3n) is 4.58. The highest BCUT2D eigenvalue weighted by atomic mass is 16.5. The predicted molar refractivity (Wildman–Crippen MR) is 107 cm³/mol. The number of anilines is 2. The molecule has 0 saturated carbocycles. The van der Waals surface area contributed by atoms with Crippen molar-refractivity contribution in [2.45, 2.75) is 13.5 Å². The minimum Gasteiger partial charge on any atom is -0.378 e. The number of rotatable bonds is 5. The molecule has 144 valence electrons. The Morgan fingerprint density at radius 1 is 1.18 bits per heavy atom. The van der Waals surface area contributed by atoms with Crippen molar-refractivity contribution in [2.75, 3.05) is 36.5 Å². The van der Waals surface area contributed by atoms with Crippen LogP contribution in [0.15, 0.2) is 47.4 Å². The van der Waals surface area contributed by atoms with E-state index < -0.39 is 0 Å². The lowest BCUT2D eigenvalue weighted by atomic mass is 10.2. The lowest BCUT2D eigenvalue weighted by molar-refractivity contribution is 0.122. The van der Waals surface area contributed by atoms with Crippen molar-refractivity contribution >= 4 is 11.9 Å². The van der Waals surface area contributed by atoms with Crippen LogP contribution in [-0.4, -0.2) is 46.2 Å². The second-order valence-electron chi connectivity index (χ2n) is 6.59. The lowest BCUT2D eigenvalue weighted by Gasteiger charge is -2.27. The fraction of sp³-hybridized carbons (Fsp3) is 0.300. The molecule has 1 aliphatic heterocycles. The van der Waals surface area contributed by atoms with Gasteiger partial charge in [0.1, 0.15) is 0 Å². The van der Waals surface area contributed by atoms with E-state index in [0.717, 1.165) is 29.9 Å². The number of ether oxygens (including phenoxy) is 1. The van der Waals surface area contributed by atoms with E-state index in [9.17, 15) is 4.79 Å². The summed E-state index contributed by atoms with van der Waals surface area (Å²) in [7, 11) is 0. The van der Waals surface area contributed by atoms with Gasteiger partial charge < -0.3 is 15.0 Å². The van der Waals surface area contributed by atoms with E-state index in [1.165, 1.54) is 6.07 Å². The molecule has 1 saturated heterocycles. The lowest BCUT2D eigenvalue weighted by Crippen LogP contribution is -2.37. The van der Waals surface area contributed by atoms with Crippen molar-refractivity contribution in [3.63, 3.8) is 0 Å². The highest BCUT2D eigenvalue weighted by molar-refractivity contribution is 5.62. The molecule has 8 heteroatoms. The number of benzene rings is 1. The summed E-state index contributed by atoms with van der Waals surface area (Å²) < 4.78 is 5.37. The number of hydrogen-bond acceptors (Lipinski definition) is 7. The molecule has 4 rings (SSSR count). The zero-order valence-corrected chi connectivity index (χ0v) is 15.7. The molecule has 0 amide bonds. The van der Waals surface area contributed by atoms with E-state index in [-0.39, 0.29) is 5.56 Å². The van der Waals surface area contributed by atoms with Crippen LogP contribution in [0.25, 0.3) is 11.3 Å². The van der Waals surface area contributed by atoms with Crippen molar-refractivity contribution in [3.05, 3.63) is 64.2 Å². The first kappa shape index (κ1) is 18.1. The Bertz CT molecular complexity index is 999. The highest BCUT2D eigenvalue weighted by Crippen LogP contribution is 2.21. The van der Waals surface area contributed by atoms with Gasteiger partial charge in [-0.2, -0.15) is 0 Å². The Kier molecular flexibility index (Phi) is 5.29. The first-order valence-electron chi connectivity index (χ1n) is 9.25. The fourth-order valence-electron chi connectivity index (χ4n) is 3.08. The second-order valence-corrected chi connectivity index (χ2v) is 6.59. The third-order valence-corrected chi connectivity index (χ3v) is 4.58. The highest BCUT2D eigenvalue weighted by Gasteiger charge is 2.16. The van der Waals surface area contributed by atoms with E-state index in [1.54, 1.807) is 6.20 Å². The van der Waals surface area contributed by atoms with Gasteiger partial charge in [0, 0.05) is 37.5 Å². The Balaban J connectivity index is 1.56. The van der Waals surface area contributed by atoms with Crippen molar-refractivity contribution in [2.24, 2.45) is 0 Å². The van der Waals surface area contributed by atoms with Crippen molar-refractivity contribution in [1.82, 2.24) is 19.9 Å². The maximum absolute atomic E-state index is 12.1. The van der Waals surface area contributed by atoms with Crippen molar-refractivity contribution < 1.29 is 4.74 Å². The number of H-pyrrole nitrogens is 1. The van der Waals surface area contributed by atoms with Crippen LogP contribution in [0.3, 0.4) is 0 Å². The molecule has 2 aromatic heterocycles. The van der Waals surface area contributed by atoms with Crippen LogP contribution >= 0.6 is 0 Å². The van der Waals surface area contributed by atoms with Crippen LogP contribution in [0.4, 0.5) is 11.9 Å². The normalized spacial score (nSPS) is 14.1. The van der Waals surface area contributed by atoms with E-state index in [4.69, 9.17) is 4.74 Å². The Morgan fingerprint density at radius 3 is 2.71 bits per heavy atom. The number of aromatic amines is 1. The van der Waals surface area contributed by atoms with Crippen molar-refractivity contribution in [3.8, 4) is 11.3 Å². The Hall–Kier alpha value is -3.26. The first-order chi connectivity index (χ1) is 13.7. The molecule has 0 radical (unpaired) electrons. The average Bonchev–Trinajstić information content (AvgIpc) is 2.73. The molecule has 3 heterocycles. The molecule has 0 atom stereocenters. The number of aryl methyl sites for hydroxylation is 1. The topological polar surface area (TPSA) is 96.0 Å². The van der Waals surface area contributed by atoms with Gasteiger partial charge in [-0.3, -0.25) is 9.78 Å². The van der Waals surface area contributed by atoms with Gasteiger partial charge in [-0.05, 0) is 12.5 Å². The van der Waals surface area contributed by atoms with E-state index in [1.807, 2.05) is 37.3 Å². The van der Waals surface area contributed by atoms with Crippen LogP contribution in [0, 0.1) is 6.92 Å². The number of nitrogens with one attached hydrogen (secondary N) is 2. The standard InChI is InChI=1S/C20H22N6O2/c1-14-16(13-22-20(23-14)26-7-9-28-10-8-26)17-11-18(27)25-19(24-17)21-12-15-5-3-2-4-6-15/h2-6,11,13H,7-10,12H2,1H3,(H2,21,24,25,27). The SMILES string of the molecule is Cc1nc(N2CCOCC2)ncc1-c1cc(=O)[nH]c(NCc2ccccc2)n1. The summed E-state index contributed by atoms with van der Waals surface area (Å²) in [5, 5.41) is 3.16. The molecule has 1 aromatic carbocycles. The molecular formula is C20H22N6O2. The van der Waals surface area contributed by atoms with E-state index in [2.05, 4.69) is 30.2 Å². The van der Waals surface area contributed by atoms with Gasteiger partial charge in [-0.25, -0.2) is 15.0 Å². The maximum atomic E-state index is 12.1. The van der Waals surface area contributed by atoms with Gasteiger partial charge in [-0.15, -0.1) is 0 Å². The predicted octanol–water partition coefficient (Wildman–Crippen LogP) is 1.98. The third kappa shape index (κ3) is 4.17. The van der Waals surface area contributed by atoms with Crippen LogP contribution in [0.2, 0.25) is 0 Å². The van der Waals surface area contributed by atoms with E-state index in [0.29, 0.717) is 37.3 Å². The summed E-state index contributed by atoms with van der Waals surface area (Å²) in [5.74, 6) is 1.10. The van der Waals surface area contributed by atoms with Gasteiger partial charge in [-0.1, -0.05) is 30.3 Å². The smallest absolute Gasteiger partial charge is 0.252 e. The van der Waals surface area contributed by atoms with Gasteiger partial charge in [0.05, 0.1) is 24.6 Å². The van der Waals surface area contributed by atoms with Crippen LogP contribution in [0.5, 0.6) is 0 Å². The maximum Gasteiger partial charge on any atom is 0.252 e. The van der Waals surface area contributed by atoms with Crippen LogP contribution in [-0.2, 0) is 11.3 Å². The van der Waals surface area contributed by atoms with Gasteiger partial charge >= 0.3 is 0 Å². The molecule has 0 bridgehead atoms. The second kappa shape index (κ2) is 8.18. The summed E-state index contributed by atoms with van der Waals surface area (Å²) in [5.41, 5.74) is 2.95. The number of hydrogen-bond donors (Lipinski definition) is 2. The first-order valence-corrected chi connectivity index (χ1v) is 9.25. The van der Waals surface area contributed by atoms with Crippen LogP contribution in [0.1, 0.15) is 11.3 Å². The molecule has 8 nitrogen and oxygen atoms in total. The summed E-state index contributed by atoms with van der Waals surface area (Å²) >= 11 is 0. The fourth-order valence-corrected chi connectivity index (χ4v) is 3.08. The van der Waals surface area contributed by atoms with E-state index >= 15 is 0 Å². The molecule has 0 aliphatic carbocycles. The molecule has 1 fully saturated rings. The zero-order chi connectivity index (χ0) is 19.3. The minimum atomic E-state index is -0.225. The molecular weight excluding hydrogens is 356 g/mol. The van der Waals surface area contributed by atoms with Gasteiger partial charge in [0.15, 0.2) is 0 Å². The monoisotopic (exact) mass is 378 g/mol. The van der Waals surface area contributed by atoms with Crippen LogP contribution < -0.4 is 15.8 Å². The quantitative estimate of drug-likeness (QED) is 0.701. The number of morpholine rings is 1. The minimum absolute atomic E-state index is 0.225. The molecule has 3 aromatic rings. The summed E-state index contributed by atoms with van der Waals surface area (Å²) in [4.78, 5) is 30.6. The molecule has 28 heavy (non-hydrogen) atoms. The van der Waals surface area contributed by atoms with Gasteiger partial charge in [0.25, 0.3) is 5.56 Å². The number of nitrogens with zero attached hydrogens (tertiary/aromatic N) is 4. The average molecular weight is 378 g/mol. The largest absolute Gasteiger partial charge is 0.378 e. The summed E-state index contributed by atoms with van der Waals surface area (Å²) in [6.07, 6.45) is 1.73. The summed E-state index contributed by atoms with van der Waals surface area (Å²) in [6.45, 7) is 5.37. The molecule has 0 spiro atoms. The molecule has 0 unspecified atom stereocenters. The number of aromatic nitrogens is 4. The Morgan fingerprint density at radius 2 is 1.96 bits per heavy atom.